The second kappa shape index (κ2) is 4.81. The second-order valence-corrected chi connectivity index (χ2v) is 4.97. The average Bonchev–Trinajstić information content (AvgIpc) is 2.84. The number of benzene rings is 1. The van der Waals surface area contributed by atoms with Gasteiger partial charge >= 0.3 is 0 Å². The van der Waals surface area contributed by atoms with Gasteiger partial charge < -0.3 is 5.11 Å². The molecule has 0 bridgehead atoms. The van der Waals surface area contributed by atoms with Crippen LogP contribution in [0.25, 0.3) is 0 Å². The maximum Gasteiger partial charge on any atom is 0.102 e. The van der Waals surface area contributed by atoms with Crippen LogP contribution in [0.2, 0.25) is 0 Å². The third kappa shape index (κ3) is 2.34. The Labute approximate surface area is 100 Å². The zero-order valence-electron chi connectivity index (χ0n) is 9.39. The molecule has 0 aliphatic carbocycles. The van der Waals surface area contributed by atoms with Gasteiger partial charge in [0.15, 0.2) is 0 Å². The lowest BCUT2D eigenvalue weighted by atomic mass is 9.90. The quantitative estimate of drug-likeness (QED) is 0.854. The van der Waals surface area contributed by atoms with Crippen molar-refractivity contribution in [3.05, 3.63) is 58.3 Å². The Hall–Kier alpha value is -1.12. The van der Waals surface area contributed by atoms with Gasteiger partial charge in [0.25, 0.3) is 0 Å². The highest BCUT2D eigenvalue weighted by Crippen LogP contribution is 2.32. The number of thiophene rings is 1. The molecule has 0 saturated carbocycles. The zero-order valence-corrected chi connectivity index (χ0v) is 10.2. The maximum atomic E-state index is 10.6. The summed E-state index contributed by atoms with van der Waals surface area (Å²) < 4.78 is 0. The molecule has 1 nitrogen and oxygen atoms in total. The molecule has 84 valence electrons. The third-order valence-electron chi connectivity index (χ3n) is 2.90. The van der Waals surface area contributed by atoms with E-state index < -0.39 is 5.60 Å². The molecular formula is C14H16OS. The summed E-state index contributed by atoms with van der Waals surface area (Å²) in [4.78, 5) is 1.05. The van der Waals surface area contributed by atoms with Crippen molar-refractivity contribution in [1.82, 2.24) is 0 Å². The Morgan fingerprint density at radius 3 is 2.44 bits per heavy atom. The first-order chi connectivity index (χ1) is 7.74. The Balaban J connectivity index is 2.23. The lowest BCUT2D eigenvalue weighted by molar-refractivity contribution is 0.0365. The minimum Gasteiger partial charge on any atom is -0.384 e. The molecule has 0 aliphatic heterocycles. The Morgan fingerprint density at radius 1 is 1.12 bits per heavy atom. The van der Waals surface area contributed by atoms with Gasteiger partial charge in [0.1, 0.15) is 5.60 Å². The van der Waals surface area contributed by atoms with E-state index in [1.807, 2.05) is 42.6 Å². The minimum absolute atomic E-state index is 0.685. The molecule has 0 radical (unpaired) electrons. The van der Waals surface area contributed by atoms with Crippen LogP contribution in [0.3, 0.4) is 0 Å². The third-order valence-corrected chi connectivity index (χ3v) is 3.97. The molecular weight excluding hydrogens is 216 g/mol. The van der Waals surface area contributed by atoms with E-state index in [0.717, 1.165) is 11.3 Å². The average molecular weight is 232 g/mol. The van der Waals surface area contributed by atoms with Crippen LogP contribution in [0.1, 0.15) is 23.8 Å². The van der Waals surface area contributed by atoms with Crippen LogP contribution in [0.15, 0.2) is 47.8 Å². The van der Waals surface area contributed by atoms with Crippen LogP contribution in [0.5, 0.6) is 0 Å². The summed E-state index contributed by atoms with van der Waals surface area (Å²) in [6.07, 6.45) is 1.42. The van der Waals surface area contributed by atoms with E-state index in [-0.39, 0.29) is 0 Å². The van der Waals surface area contributed by atoms with Crippen LogP contribution in [-0.4, -0.2) is 5.11 Å². The van der Waals surface area contributed by atoms with Crippen molar-refractivity contribution < 1.29 is 5.11 Å². The summed E-state index contributed by atoms with van der Waals surface area (Å²) >= 11 is 1.62. The molecule has 1 aromatic heterocycles. The Morgan fingerprint density at radius 2 is 1.88 bits per heavy atom. The van der Waals surface area contributed by atoms with Gasteiger partial charge in [-0.15, -0.1) is 11.3 Å². The van der Waals surface area contributed by atoms with E-state index >= 15 is 0 Å². The fourth-order valence-electron chi connectivity index (χ4n) is 1.86. The van der Waals surface area contributed by atoms with Crippen molar-refractivity contribution >= 4 is 11.3 Å². The van der Waals surface area contributed by atoms with Gasteiger partial charge in [-0.2, -0.15) is 0 Å². The smallest absolute Gasteiger partial charge is 0.102 e. The van der Waals surface area contributed by atoms with Gasteiger partial charge in [-0.3, -0.25) is 0 Å². The fraction of sp³-hybridized carbons (Fsp3) is 0.286. The summed E-state index contributed by atoms with van der Waals surface area (Å²) in [5.41, 5.74) is 0.468. The van der Waals surface area contributed by atoms with Crippen molar-refractivity contribution in [3.8, 4) is 0 Å². The fourth-order valence-corrected chi connectivity index (χ4v) is 2.76. The van der Waals surface area contributed by atoms with E-state index in [1.54, 1.807) is 11.3 Å². The Bertz CT molecular complexity index is 421. The molecule has 16 heavy (non-hydrogen) atoms. The van der Waals surface area contributed by atoms with Gasteiger partial charge in [0, 0.05) is 11.3 Å². The largest absolute Gasteiger partial charge is 0.384 e. The van der Waals surface area contributed by atoms with E-state index in [4.69, 9.17) is 0 Å². The monoisotopic (exact) mass is 232 g/mol. The molecule has 0 spiro atoms. The lowest BCUT2D eigenvalue weighted by Crippen LogP contribution is -2.26. The van der Waals surface area contributed by atoms with Crippen molar-refractivity contribution in [2.45, 2.75) is 25.4 Å². The highest BCUT2D eigenvalue weighted by atomic mass is 32.1. The van der Waals surface area contributed by atoms with Crippen LogP contribution in [-0.2, 0) is 12.0 Å². The van der Waals surface area contributed by atoms with Crippen molar-refractivity contribution in [1.29, 1.82) is 0 Å². The molecule has 2 aromatic rings. The molecule has 1 unspecified atom stereocenters. The minimum atomic E-state index is -0.713. The van der Waals surface area contributed by atoms with Gasteiger partial charge in [-0.25, -0.2) is 0 Å². The topological polar surface area (TPSA) is 20.2 Å². The normalized spacial score (nSPS) is 14.6. The first-order valence-electron chi connectivity index (χ1n) is 5.55. The van der Waals surface area contributed by atoms with Gasteiger partial charge in [-0.1, -0.05) is 43.3 Å². The molecule has 0 fully saturated rings. The van der Waals surface area contributed by atoms with Crippen molar-refractivity contribution in [2.75, 3.05) is 0 Å². The van der Waals surface area contributed by atoms with E-state index in [1.165, 1.54) is 5.56 Å². The van der Waals surface area contributed by atoms with Crippen LogP contribution in [0.4, 0.5) is 0 Å². The molecule has 1 heterocycles. The highest BCUT2D eigenvalue weighted by Gasteiger charge is 2.28. The van der Waals surface area contributed by atoms with Crippen LogP contribution < -0.4 is 0 Å². The molecule has 1 atom stereocenters. The summed E-state index contributed by atoms with van der Waals surface area (Å²) in [5.74, 6) is 0. The zero-order chi connectivity index (χ0) is 11.4. The van der Waals surface area contributed by atoms with Gasteiger partial charge in [0.05, 0.1) is 0 Å². The van der Waals surface area contributed by atoms with Crippen molar-refractivity contribution in [2.24, 2.45) is 0 Å². The molecule has 2 heteroatoms. The predicted octanol–water partition coefficient (Wildman–Crippen LogP) is 3.59. The van der Waals surface area contributed by atoms with Crippen molar-refractivity contribution in [3.63, 3.8) is 0 Å². The predicted molar refractivity (Wildman–Crippen MR) is 68.7 cm³/mol. The first-order valence-corrected chi connectivity index (χ1v) is 6.43. The number of hydrogen-bond donors (Lipinski definition) is 1. The molecule has 2 rings (SSSR count). The van der Waals surface area contributed by atoms with Gasteiger partial charge in [0.2, 0.25) is 0 Å². The maximum absolute atomic E-state index is 10.6. The molecule has 0 aliphatic rings. The first kappa shape index (κ1) is 11.4. The highest BCUT2D eigenvalue weighted by molar-refractivity contribution is 7.10. The standard InChI is InChI=1S/C14H16OS/c1-2-14(15,13-9-6-10-16-13)11-12-7-4-3-5-8-12/h3-10,15H,2,11H2,1H3. The number of aliphatic hydroxyl groups is 1. The Kier molecular flexibility index (Phi) is 3.42. The lowest BCUT2D eigenvalue weighted by Gasteiger charge is -2.25. The molecule has 1 N–H and O–H groups in total. The van der Waals surface area contributed by atoms with E-state index in [0.29, 0.717) is 6.42 Å². The number of hydrogen-bond acceptors (Lipinski definition) is 2. The number of rotatable bonds is 4. The molecule has 1 aromatic carbocycles. The van der Waals surface area contributed by atoms with Gasteiger partial charge in [-0.05, 0) is 23.4 Å². The molecule has 0 saturated heterocycles. The van der Waals surface area contributed by atoms with Crippen LogP contribution >= 0.6 is 11.3 Å². The molecule has 0 amide bonds. The van der Waals surface area contributed by atoms with E-state index in [9.17, 15) is 5.11 Å². The van der Waals surface area contributed by atoms with E-state index in [2.05, 4.69) is 12.1 Å². The summed E-state index contributed by atoms with van der Waals surface area (Å²) in [6, 6.07) is 14.2. The summed E-state index contributed by atoms with van der Waals surface area (Å²) in [5, 5.41) is 12.7. The second-order valence-electron chi connectivity index (χ2n) is 4.02. The summed E-state index contributed by atoms with van der Waals surface area (Å²) in [6.45, 7) is 2.03. The summed E-state index contributed by atoms with van der Waals surface area (Å²) in [7, 11) is 0. The SMILES string of the molecule is CCC(O)(Cc1ccccc1)c1cccs1. The van der Waals surface area contributed by atoms with Crippen LogP contribution in [0, 0.1) is 0 Å².